The van der Waals surface area contributed by atoms with Crippen LogP contribution in [0.4, 0.5) is 0 Å². The first-order chi connectivity index (χ1) is 31.6. The third kappa shape index (κ3) is 5.02. The highest BCUT2D eigenvalue weighted by molar-refractivity contribution is 7.25. The quantitative estimate of drug-likeness (QED) is 0.165. The van der Waals surface area contributed by atoms with Crippen LogP contribution in [0.2, 0.25) is 5.02 Å². The number of rotatable bonds is 4. The van der Waals surface area contributed by atoms with Crippen LogP contribution < -0.4 is 4.74 Å². The normalized spacial score (nSPS) is 15.4. The van der Waals surface area contributed by atoms with Crippen molar-refractivity contribution in [1.29, 1.82) is 0 Å². The predicted octanol–water partition coefficient (Wildman–Crippen LogP) is 17.1. The van der Waals surface area contributed by atoms with E-state index in [1.165, 1.54) is 69.9 Å². The second-order valence-corrected chi connectivity index (χ2v) is 18.7. The number of benzene rings is 10. The van der Waals surface area contributed by atoms with Gasteiger partial charge in [-0.25, -0.2) is 0 Å². The van der Waals surface area contributed by atoms with Crippen LogP contribution in [0.25, 0.3) is 75.1 Å². The van der Waals surface area contributed by atoms with Gasteiger partial charge in [-0.3, -0.25) is 0 Å². The molecule has 64 heavy (non-hydrogen) atoms. The molecule has 4 heteroatoms. The SMILES string of the molecule is Clc1ccc2c(c1)C1(c3ccccc3Oc3cc(C(c4ccccc4)c4cc(-c5cccc6cc7c(cc56)sc5ccccc57)cc5oc6ccccc6c45)ccc31)c1ccccc1-2. The maximum atomic E-state index is 7.08. The number of para-hydroxylation sites is 2. The number of fused-ring (bicyclic) bond motifs is 16. The van der Waals surface area contributed by atoms with Gasteiger partial charge in [-0.1, -0.05) is 157 Å². The molecule has 0 fully saturated rings. The van der Waals surface area contributed by atoms with E-state index in [4.69, 9.17) is 20.8 Å². The standard InChI is InChI=1S/C60H35ClO2S/c61-39-26-27-42-41-16-4-7-20-48(41)60(51(42)33-39)49-21-8-10-23-53(49)63-54-31-37(25-28-50(54)60)58(35-13-2-1-3-14-35)47-30-38(32-55-59(47)44-18-5-9-22-52(44)62-55)40-19-12-15-36-29-46-43-17-6-11-24-56(43)64-57(46)34-45(36)40/h1-34,58H. The zero-order chi connectivity index (χ0) is 42.1. The number of hydrogen-bond donors (Lipinski definition) is 0. The largest absolute Gasteiger partial charge is 0.457 e. The fourth-order valence-corrected chi connectivity index (χ4v) is 12.6. The molecule has 0 N–H and O–H groups in total. The molecular formula is C60H35ClO2S. The summed E-state index contributed by atoms with van der Waals surface area (Å²) >= 11 is 8.76. The monoisotopic (exact) mass is 854 g/mol. The number of thiophene rings is 1. The molecule has 0 bridgehead atoms. The minimum Gasteiger partial charge on any atom is -0.457 e. The summed E-state index contributed by atoms with van der Waals surface area (Å²) in [6, 6.07) is 74.8. The Morgan fingerprint density at radius 3 is 2.11 bits per heavy atom. The van der Waals surface area contributed by atoms with Gasteiger partial charge in [-0.15, -0.1) is 11.3 Å². The zero-order valence-electron chi connectivity index (χ0n) is 34.3. The molecule has 0 radical (unpaired) electrons. The van der Waals surface area contributed by atoms with Gasteiger partial charge in [-0.05, 0) is 122 Å². The first kappa shape index (κ1) is 36.1. The molecule has 0 saturated heterocycles. The molecule has 2 unspecified atom stereocenters. The van der Waals surface area contributed by atoms with E-state index < -0.39 is 5.41 Å². The van der Waals surface area contributed by atoms with E-state index in [0.717, 1.165) is 55.7 Å². The Morgan fingerprint density at radius 2 is 1.19 bits per heavy atom. The molecular weight excluding hydrogens is 820 g/mol. The van der Waals surface area contributed by atoms with Crippen molar-refractivity contribution < 1.29 is 9.15 Å². The third-order valence-electron chi connectivity index (χ3n) is 13.9. The average Bonchev–Trinajstić information content (AvgIpc) is 3.99. The summed E-state index contributed by atoms with van der Waals surface area (Å²) in [5.41, 5.74) is 14.0. The summed E-state index contributed by atoms with van der Waals surface area (Å²) in [5.74, 6) is 1.51. The van der Waals surface area contributed by atoms with Crippen molar-refractivity contribution in [2.24, 2.45) is 0 Å². The lowest BCUT2D eigenvalue weighted by molar-refractivity contribution is 0.435. The highest BCUT2D eigenvalue weighted by Crippen LogP contribution is 2.63. The molecule has 2 nitrogen and oxygen atoms in total. The first-order valence-electron chi connectivity index (χ1n) is 21.8. The Kier molecular flexibility index (Phi) is 7.63. The zero-order valence-corrected chi connectivity index (χ0v) is 35.9. The van der Waals surface area contributed by atoms with Crippen LogP contribution in [-0.2, 0) is 5.41 Å². The second kappa shape index (κ2) is 13.5. The minimum atomic E-state index is -0.621. The number of hydrogen-bond acceptors (Lipinski definition) is 3. The molecule has 300 valence electrons. The number of furan rings is 1. The number of ether oxygens (including phenoxy) is 1. The molecule has 2 aromatic heterocycles. The van der Waals surface area contributed by atoms with Crippen LogP contribution in [0, 0.1) is 0 Å². The van der Waals surface area contributed by atoms with Gasteiger partial charge in [0, 0.05) is 53.0 Å². The van der Waals surface area contributed by atoms with Gasteiger partial charge in [0.1, 0.15) is 22.7 Å². The lowest BCUT2D eigenvalue weighted by atomic mass is 9.65. The molecule has 1 aliphatic carbocycles. The molecule has 1 aliphatic heterocycles. The highest BCUT2D eigenvalue weighted by atomic mass is 35.5. The Balaban J connectivity index is 1.03. The van der Waals surface area contributed by atoms with E-state index in [1.54, 1.807) is 0 Å². The van der Waals surface area contributed by atoms with Gasteiger partial charge in [0.25, 0.3) is 0 Å². The topological polar surface area (TPSA) is 22.4 Å². The molecule has 0 saturated carbocycles. The van der Waals surface area contributed by atoms with Crippen molar-refractivity contribution >= 4 is 75.8 Å². The van der Waals surface area contributed by atoms with E-state index in [-0.39, 0.29) is 5.92 Å². The van der Waals surface area contributed by atoms with Crippen molar-refractivity contribution in [3.05, 3.63) is 250 Å². The van der Waals surface area contributed by atoms with Crippen molar-refractivity contribution in [3.8, 4) is 33.8 Å². The first-order valence-corrected chi connectivity index (χ1v) is 23.0. The van der Waals surface area contributed by atoms with E-state index in [0.29, 0.717) is 5.02 Å². The lowest BCUT2D eigenvalue weighted by Gasteiger charge is -2.39. The summed E-state index contributed by atoms with van der Waals surface area (Å²) in [5, 5.41) is 7.99. The summed E-state index contributed by atoms with van der Waals surface area (Å²) in [6.45, 7) is 0. The molecule has 2 aliphatic rings. The second-order valence-electron chi connectivity index (χ2n) is 17.2. The third-order valence-corrected chi connectivity index (χ3v) is 15.3. The molecule has 2 atom stereocenters. The average molecular weight is 855 g/mol. The van der Waals surface area contributed by atoms with E-state index >= 15 is 0 Å². The lowest BCUT2D eigenvalue weighted by Crippen LogP contribution is -2.32. The molecule has 14 rings (SSSR count). The van der Waals surface area contributed by atoms with Gasteiger partial charge < -0.3 is 9.15 Å². The van der Waals surface area contributed by atoms with Crippen LogP contribution in [-0.4, -0.2) is 0 Å². The van der Waals surface area contributed by atoms with E-state index in [2.05, 4.69) is 200 Å². The Bertz CT molecular complexity index is 3920. The van der Waals surface area contributed by atoms with Gasteiger partial charge in [0.2, 0.25) is 0 Å². The fourth-order valence-electron chi connectivity index (χ4n) is 11.3. The Labute approximate surface area is 378 Å². The Morgan fingerprint density at radius 1 is 0.438 bits per heavy atom. The summed E-state index contributed by atoms with van der Waals surface area (Å²) in [4.78, 5) is 0. The maximum absolute atomic E-state index is 7.08. The van der Waals surface area contributed by atoms with Gasteiger partial charge >= 0.3 is 0 Å². The van der Waals surface area contributed by atoms with Crippen LogP contribution in [0.5, 0.6) is 11.5 Å². The van der Waals surface area contributed by atoms with E-state index in [9.17, 15) is 0 Å². The van der Waals surface area contributed by atoms with Crippen LogP contribution in [0.3, 0.4) is 0 Å². The van der Waals surface area contributed by atoms with Crippen LogP contribution in [0.1, 0.15) is 44.9 Å². The Hall–Kier alpha value is -7.43. The molecule has 10 aromatic carbocycles. The van der Waals surface area contributed by atoms with Gasteiger partial charge in [0.15, 0.2) is 0 Å². The smallest absolute Gasteiger partial charge is 0.136 e. The molecule has 1 spiro atoms. The van der Waals surface area contributed by atoms with Crippen LogP contribution >= 0.6 is 22.9 Å². The summed E-state index contributed by atoms with van der Waals surface area (Å²) in [6.07, 6.45) is 0. The maximum Gasteiger partial charge on any atom is 0.136 e. The summed E-state index contributed by atoms with van der Waals surface area (Å²) in [7, 11) is 0. The van der Waals surface area contributed by atoms with Gasteiger partial charge in [-0.2, -0.15) is 0 Å². The predicted molar refractivity (Wildman–Crippen MR) is 266 cm³/mol. The molecule has 0 amide bonds. The highest BCUT2D eigenvalue weighted by Gasteiger charge is 2.51. The molecule has 12 aromatic rings. The fraction of sp³-hybridized carbons (Fsp3) is 0.0333. The van der Waals surface area contributed by atoms with E-state index in [1.807, 2.05) is 17.4 Å². The van der Waals surface area contributed by atoms with Gasteiger partial charge in [0.05, 0.1) is 5.41 Å². The van der Waals surface area contributed by atoms with Crippen molar-refractivity contribution in [3.63, 3.8) is 0 Å². The van der Waals surface area contributed by atoms with Crippen molar-refractivity contribution in [2.75, 3.05) is 0 Å². The van der Waals surface area contributed by atoms with Crippen molar-refractivity contribution in [2.45, 2.75) is 11.3 Å². The number of halogens is 1. The van der Waals surface area contributed by atoms with Crippen LogP contribution in [0.15, 0.2) is 211 Å². The summed E-state index contributed by atoms with van der Waals surface area (Å²) < 4.78 is 16.5. The minimum absolute atomic E-state index is 0.173. The van der Waals surface area contributed by atoms with Crippen molar-refractivity contribution in [1.82, 2.24) is 0 Å². The molecule has 3 heterocycles.